The van der Waals surface area contributed by atoms with Crippen molar-refractivity contribution in [2.24, 2.45) is 5.10 Å². The van der Waals surface area contributed by atoms with Gasteiger partial charge < -0.3 is 0 Å². The van der Waals surface area contributed by atoms with E-state index in [1.54, 1.807) is 6.07 Å². The Morgan fingerprint density at radius 1 is 1.07 bits per heavy atom. The average molecular weight is 440 g/mol. The first kappa shape index (κ1) is 20.4. The molecular weight excluding hydrogens is 427 g/mol. The van der Waals surface area contributed by atoms with Gasteiger partial charge in [0.05, 0.1) is 22.0 Å². The van der Waals surface area contributed by atoms with Crippen LogP contribution in [0.2, 0.25) is 15.2 Å². The third-order valence-corrected chi connectivity index (χ3v) is 4.94. The summed E-state index contributed by atoms with van der Waals surface area (Å²) in [6, 6.07) is 4.33. The fourth-order valence-electron chi connectivity index (χ4n) is 2.64. The van der Waals surface area contributed by atoms with Crippen LogP contribution in [0.5, 0.6) is 0 Å². The maximum absolute atomic E-state index is 12.9. The fraction of sp³-hybridized carbons (Fsp3) is 0.222. The van der Waals surface area contributed by atoms with Gasteiger partial charge in [-0.1, -0.05) is 48.7 Å². The molecule has 1 aliphatic heterocycles. The first-order valence-electron chi connectivity index (χ1n) is 8.16. The standard InChI is InChI=1S/C18H13Cl3N4O3/c1-7(2)9-5-12(22-25-18(9)21)17(28)15-10(19)3-8(4-11(15)20)16-13(26)6-14(27)23-24-16/h3-5,7H,6H2,1-2H3,(H,23,27). The van der Waals surface area contributed by atoms with Crippen LogP contribution < -0.4 is 5.43 Å². The number of Topliss-reactive ketones (excluding diaryl/α,β-unsaturated/α-hetero) is 1. The number of rotatable bonds is 4. The first-order valence-corrected chi connectivity index (χ1v) is 9.29. The molecule has 0 bridgehead atoms. The number of carbonyl (C=O) groups is 3. The van der Waals surface area contributed by atoms with Crippen molar-refractivity contribution in [3.05, 3.63) is 55.8 Å². The second kappa shape index (κ2) is 7.95. The Balaban J connectivity index is 2.02. The van der Waals surface area contributed by atoms with Crippen LogP contribution in [-0.4, -0.2) is 33.4 Å². The van der Waals surface area contributed by atoms with Gasteiger partial charge in [-0.15, -0.1) is 10.2 Å². The van der Waals surface area contributed by atoms with E-state index in [-0.39, 0.29) is 44.5 Å². The normalized spacial score (nSPS) is 14.1. The second-order valence-electron chi connectivity index (χ2n) is 6.37. The summed E-state index contributed by atoms with van der Waals surface area (Å²) >= 11 is 18.6. The van der Waals surface area contributed by atoms with Crippen molar-refractivity contribution in [1.82, 2.24) is 15.6 Å². The largest absolute Gasteiger partial charge is 0.292 e. The van der Waals surface area contributed by atoms with Crippen LogP contribution in [0, 0.1) is 0 Å². The number of benzene rings is 1. The fourth-order valence-corrected chi connectivity index (χ4v) is 3.61. The zero-order chi connectivity index (χ0) is 20.6. The summed E-state index contributed by atoms with van der Waals surface area (Å²) in [6.07, 6.45) is -0.326. The summed E-state index contributed by atoms with van der Waals surface area (Å²) in [5, 5.41) is 11.7. The molecule has 2 aromatic rings. The monoisotopic (exact) mass is 438 g/mol. The predicted molar refractivity (Wildman–Crippen MR) is 105 cm³/mol. The van der Waals surface area contributed by atoms with E-state index in [0.717, 1.165) is 0 Å². The van der Waals surface area contributed by atoms with Crippen molar-refractivity contribution in [3.8, 4) is 0 Å². The van der Waals surface area contributed by atoms with Crippen molar-refractivity contribution in [2.75, 3.05) is 0 Å². The van der Waals surface area contributed by atoms with Gasteiger partial charge in [-0.2, -0.15) is 5.10 Å². The highest BCUT2D eigenvalue weighted by atomic mass is 35.5. The molecule has 10 heteroatoms. The smallest absolute Gasteiger partial charge is 0.247 e. The summed E-state index contributed by atoms with van der Waals surface area (Å²) in [6.45, 7) is 3.82. The number of ketones is 2. The molecule has 0 unspecified atom stereocenters. The molecule has 0 fully saturated rings. The summed E-state index contributed by atoms with van der Waals surface area (Å²) in [5.74, 6) is -1.47. The predicted octanol–water partition coefficient (Wildman–Crippen LogP) is 3.58. The number of halogens is 3. The minimum absolute atomic E-state index is 0.00998. The molecular formula is C18H13Cl3N4O3. The molecule has 144 valence electrons. The Morgan fingerprint density at radius 2 is 1.71 bits per heavy atom. The van der Waals surface area contributed by atoms with Crippen LogP contribution >= 0.6 is 34.8 Å². The molecule has 1 aromatic heterocycles. The number of hydrazone groups is 1. The van der Waals surface area contributed by atoms with Crippen molar-refractivity contribution in [3.63, 3.8) is 0 Å². The van der Waals surface area contributed by atoms with Gasteiger partial charge in [0.25, 0.3) is 0 Å². The van der Waals surface area contributed by atoms with Crippen LogP contribution in [0.15, 0.2) is 23.3 Å². The molecule has 0 aliphatic carbocycles. The molecule has 1 aromatic carbocycles. The maximum Gasteiger partial charge on any atom is 0.247 e. The first-order chi connectivity index (χ1) is 13.2. The van der Waals surface area contributed by atoms with Crippen molar-refractivity contribution < 1.29 is 14.4 Å². The highest BCUT2D eigenvalue weighted by Crippen LogP contribution is 2.30. The average Bonchev–Trinajstić information content (AvgIpc) is 2.61. The highest BCUT2D eigenvalue weighted by Gasteiger charge is 2.26. The Morgan fingerprint density at radius 3 is 2.29 bits per heavy atom. The molecule has 0 saturated carbocycles. The molecule has 0 radical (unpaired) electrons. The third-order valence-electron chi connectivity index (χ3n) is 4.05. The van der Waals surface area contributed by atoms with E-state index in [1.807, 2.05) is 13.8 Å². The molecule has 2 heterocycles. The summed E-state index contributed by atoms with van der Waals surface area (Å²) in [5.41, 5.74) is 3.27. The van der Waals surface area contributed by atoms with Gasteiger partial charge in [0, 0.05) is 5.56 Å². The van der Waals surface area contributed by atoms with Gasteiger partial charge in [-0.25, -0.2) is 5.43 Å². The molecule has 1 amide bonds. The lowest BCUT2D eigenvalue weighted by Gasteiger charge is -2.14. The molecule has 1 N–H and O–H groups in total. The van der Waals surface area contributed by atoms with Crippen molar-refractivity contribution in [2.45, 2.75) is 26.2 Å². The Kier molecular flexibility index (Phi) is 5.79. The number of nitrogens with zero attached hydrogens (tertiary/aromatic N) is 3. The van der Waals surface area contributed by atoms with Gasteiger partial charge >= 0.3 is 0 Å². The lowest BCUT2D eigenvalue weighted by Crippen LogP contribution is -2.33. The van der Waals surface area contributed by atoms with E-state index in [9.17, 15) is 14.4 Å². The van der Waals surface area contributed by atoms with E-state index in [4.69, 9.17) is 34.8 Å². The molecule has 0 atom stereocenters. The van der Waals surface area contributed by atoms with Gasteiger partial charge in [0.1, 0.15) is 11.4 Å². The Labute approximate surface area is 175 Å². The van der Waals surface area contributed by atoms with Crippen LogP contribution in [-0.2, 0) is 9.59 Å². The van der Waals surface area contributed by atoms with Crippen LogP contribution in [0.4, 0.5) is 0 Å². The molecule has 1 aliphatic rings. The topological polar surface area (TPSA) is 101 Å². The van der Waals surface area contributed by atoms with Crippen LogP contribution in [0.25, 0.3) is 0 Å². The number of hydrogen-bond donors (Lipinski definition) is 1. The lowest BCUT2D eigenvalue weighted by atomic mass is 9.98. The number of amides is 1. The number of aromatic nitrogens is 2. The molecule has 28 heavy (non-hydrogen) atoms. The lowest BCUT2D eigenvalue weighted by molar-refractivity contribution is -0.126. The Hall–Kier alpha value is -2.35. The number of nitrogens with one attached hydrogen (secondary N) is 1. The van der Waals surface area contributed by atoms with Gasteiger partial charge in [-0.3, -0.25) is 14.4 Å². The summed E-state index contributed by atoms with van der Waals surface area (Å²) in [7, 11) is 0. The summed E-state index contributed by atoms with van der Waals surface area (Å²) in [4.78, 5) is 36.2. The zero-order valence-electron chi connectivity index (χ0n) is 14.7. The van der Waals surface area contributed by atoms with Crippen LogP contribution in [0.1, 0.15) is 53.4 Å². The van der Waals surface area contributed by atoms with E-state index < -0.39 is 17.5 Å². The van der Waals surface area contributed by atoms with E-state index in [0.29, 0.717) is 11.1 Å². The highest BCUT2D eigenvalue weighted by molar-refractivity contribution is 6.50. The zero-order valence-corrected chi connectivity index (χ0v) is 17.0. The Bertz CT molecular complexity index is 1030. The van der Waals surface area contributed by atoms with Crippen molar-refractivity contribution in [1.29, 1.82) is 0 Å². The number of carbonyl (C=O) groups excluding carboxylic acids is 3. The van der Waals surface area contributed by atoms with Gasteiger partial charge in [0.15, 0.2) is 10.9 Å². The van der Waals surface area contributed by atoms with Crippen molar-refractivity contribution >= 4 is 58.0 Å². The van der Waals surface area contributed by atoms with Gasteiger partial charge in [0.2, 0.25) is 11.7 Å². The molecule has 0 saturated heterocycles. The quantitative estimate of drug-likeness (QED) is 0.579. The third kappa shape index (κ3) is 3.92. The van der Waals surface area contributed by atoms with E-state index >= 15 is 0 Å². The number of hydrogen-bond acceptors (Lipinski definition) is 6. The SMILES string of the molecule is CC(C)c1cc(C(=O)c2c(Cl)cc(C3=NNC(=O)CC3=O)cc2Cl)nnc1Cl. The molecule has 3 rings (SSSR count). The second-order valence-corrected chi connectivity index (χ2v) is 7.54. The molecule has 7 nitrogen and oxygen atoms in total. The van der Waals surface area contributed by atoms with E-state index in [2.05, 4.69) is 20.7 Å². The summed E-state index contributed by atoms with van der Waals surface area (Å²) < 4.78 is 0. The van der Waals surface area contributed by atoms with Gasteiger partial charge in [-0.05, 0) is 29.7 Å². The maximum atomic E-state index is 12.9. The molecule has 0 spiro atoms. The van der Waals surface area contributed by atoms with E-state index in [1.165, 1.54) is 12.1 Å². The van der Waals surface area contributed by atoms with Crippen LogP contribution in [0.3, 0.4) is 0 Å². The minimum atomic E-state index is -0.530. The minimum Gasteiger partial charge on any atom is -0.292 e.